The van der Waals surface area contributed by atoms with Crippen molar-refractivity contribution in [3.63, 3.8) is 0 Å². The number of thiol groups is 1. The largest absolute Gasteiger partial charge is 0.585 e. The predicted octanol–water partition coefficient (Wildman–Crippen LogP) is 3.54. The van der Waals surface area contributed by atoms with E-state index in [0.717, 1.165) is 0 Å². The molecule has 0 radical (unpaired) electrons. The molecule has 0 aliphatic rings. The van der Waals surface area contributed by atoms with Crippen LogP contribution in [0.25, 0.3) is 0 Å². The second kappa shape index (κ2) is 10.6. The SMILES string of the molecule is CCC.O=[P+](S)OC(F)CCl. The molecule has 6 heteroatoms. The van der Waals surface area contributed by atoms with E-state index in [0.29, 0.717) is 0 Å². The summed E-state index contributed by atoms with van der Waals surface area (Å²) < 4.78 is 25.7. The molecule has 2 unspecified atom stereocenters. The average molecular weight is 222 g/mol. The Labute approximate surface area is 77.5 Å². The zero-order valence-electron chi connectivity index (χ0n) is 6.46. The Balaban J connectivity index is 0. The topological polar surface area (TPSA) is 26.3 Å². The Hall–Kier alpha value is 0.630. The van der Waals surface area contributed by atoms with Crippen molar-refractivity contribution in [2.45, 2.75) is 26.6 Å². The zero-order valence-corrected chi connectivity index (χ0v) is 9.00. The normalized spacial score (nSPS) is 13.0. The van der Waals surface area contributed by atoms with E-state index in [4.69, 9.17) is 11.6 Å². The van der Waals surface area contributed by atoms with Crippen molar-refractivity contribution in [1.29, 1.82) is 0 Å². The third-order valence-corrected chi connectivity index (χ3v) is 1.26. The first-order valence-electron chi connectivity index (χ1n) is 3.11. The molecule has 0 heterocycles. The molecule has 11 heavy (non-hydrogen) atoms. The Kier molecular flexibility index (Phi) is 13.7. The number of alkyl halides is 2. The highest BCUT2D eigenvalue weighted by Crippen LogP contribution is 2.29. The van der Waals surface area contributed by atoms with Gasteiger partial charge < -0.3 is 0 Å². The van der Waals surface area contributed by atoms with Gasteiger partial charge in [0.25, 0.3) is 6.36 Å². The molecule has 0 aliphatic heterocycles. The van der Waals surface area contributed by atoms with Crippen molar-refractivity contribution in [3.8, 4) is 0 Å². The Bertz CT molecular complexity index is 106. The molecular weight excluding hydrogens is 210 g/mol. The van der Waals surface area contributed by atoms with Crippen LogP contribution in [-0.4, -0.2) is 12.2 Å². The smallest absolute Gasteiger partial charge is 0.210 e. The monoisotopic (exact) mass is 221 g/mol. The van der Waals surface area contributed by atoms with Crippen LogP contribution in [0.4, 0.5) is 4.39 Å². The van der Waals surface area contributed by atoms with Gasteiger partial charge in [-0.1, -0.05) is 24.8 Å². The highest BCUT2D eigenvalue weighted by Gasteiger charge is 2.18. The van der Waals surface area contributed by atoms with Crippen molar-refractivity contribution in [3.05, 3.63) is 0 Å². The first kappa shape index (κ1) is 14.2. The maximum atomic E-state index is 11.8. The van der Waals surface area contributed by atoms with E-state index in [2.05, 4.69) is 30.6 Å². The Morgan fingerprint density at radius 1 is 1.73 bits per heavy atom. The molecule has 0 fully saturated rings. The summed E-state index contributed by atoms with van der Waals surface area (Å²) in [4.78, 5) is 0. The molecule has 0 saturated carbocycles. The van der Waals surface area contributed by atoms with Gasteiger partial charge in [0.05, 0.1) is 5.88 Å². The fourth-order valence-corrected chi connectivity index (χ4v) is 0.854. The predicted molar refractivity (Wildman–Crippen MR) is 49.3 cm³/mol. The van der Waals surface area contributed by atoms with Crippen LogP contribution in [0.1, 0.15) is 20.3 Å². The van der Waals surface area contributed by atoms with E-state index < -0.39 is 13.6 Å². The van der Waals surface area contributed by atoms with Crippen LogP contribution in [0.5, 0.6) is 0 Å². The lowest BCUT2D eigenvalue weighted by molar-refractivity contribution is 0.103. The molecule has 0 saturated heterocycles. The summed E-state index contributed by atoms with van der Waals surface area (Å²) in [5.74, 6) is -0.318. The Morgan fingerprint density at radius 2 is 2.09 bits per heavy atom. The molecule has 2 nitrogen and oxygen atoms in total. The molecule has 0 N–H and O–H groups in total. The minimum Gasteiger partial charge on any atom is -0.210 e. The maximum absolute atomic E-state index is 11.8. The minimum atomic E-state index is -2.16. The van der Waals surface area contributed by atoms with Crippen LogP contribution in [0.15, 0.2) is 0 Å². The van der Waals surface area contributed by atoms with Crippen LogP contribution >= 0.6 is 31.1 Å². The van der Waals surface area contributed by atoms with Gasteiger partial charge in [-0.05, 0) is 4.57 Å². The summed E-state index contributed by atoms with van der Waals surface area (Å²) in [5, 5.41) is 0. The maximum Gasteiger partial charge on any atom is 0.585 e. The summed E-state index contributed by atoms with van der Waals surface area (Å²) in [7, 11) is -2.16. The molecular formula is C5H12ClFO2PS+. The minimum absolute atomic E-state index is 0.318. The van der Waals surface area contributed by atoms with Crippen LogP contribution < -0.4 is 0 Å². The van der Waals surface area contributed by atoms with Crippen molar-refractivity contribution < 1.29 is 13.5 Å². The van der Waals surface area contributed by atoms with Gasteiger partial charge in [0.15, 0.2) is 0 Å². The summed E-state index contributed by atoms with van der Waals surface area (Å²) in [5.41, 5.74) is 0. The molecule has 0 amide bonds. The number of hydrogen-bond acceptors (Lipinski definition) is 2. The standard InChI is InChI=1S/C3H8.C2H3ClFO2PS/c1-3-2;3-1-2(4)6-7(5)8/h3H2,1-2H3;2H,1H2/p+1. The van der Waals surface area contributed by atoms with Crippen LogP contribution in [0, 0.1) is 0 Å². The van der Waals surface area contributed by atoms with Gasteiger partial charge in [-0.2, -0.15) is 0 Å². The third-order valence-electron chi connectivity index (χ3n) is 0.326. The van der Waals surface area contributed by atoms with Crippen LogP contribution in [-0.2, 0) is 9.09 Å². The molecule has 0 spiro atoms. The summed E-state index contributed by atoms with van der Waals surface area (Å²) in [6.45, 7) is 4.25. The molecule has 0 aromatic heterocycles. The third kappa shape index (κ3) is 18.0. The zero-order chi connectivity index (χ0) is 9.28. The van der Waals surface area contributed by atoms with Gasteiger partial charge in [-0.15, -0.1) is 11.6 Å². The molecule has 0 bridgehead atoms. The quantitative estimate of drug-likeness (QED) is 0.448. The molecule has 0 rings (SSSR count). The molecule has 68 valence electrons. The second-order valence-corrected chi connectivity index (χ2v) is 3.59. The summed E-state index contributed by atoms with van der Waals surface area (Å²) >= 11 is 8.21. The lowest BCUT2D eigenvalue weighted by Gasteiger charge is -1.88. The van der Waals surface area contributed by atoms with E-state index in [1.807, 2.05) is 0 Å². The van der Waals surface area contributed by atoms with Crippen molar-refractivity contribution in [1.82, 2.24) is 0 Å². The fourth-order valence-electron chi connectivity index (χ4n) is 0.126. The van der Waals surface area contributed by atoms with Gasteiger partial charge in [0.1, 0.15) is 12.2 Å². The highest BCUT2D eigenvalue weighted by molar-refractivity contribution is 8.39. The van der Waals surface area contributed by atoms with Crippen molar-refractivity contribution >= 4 is 31.1 Å². The van der Waals surface area contributed by atoms with E-state index in [1.165, 1.54) is 6.42 Å². The van der Waals surface area contributed by atoms with Gasteiger partial charge in [-0.3, -0.25) is 0 Å². The Morgan fingerprint density at radius 3 is 2.18 bits per heavy atom. The first-order valence-corrected chi connectivity index (χ1v) is 5.97. The summed E-state index contributed by atoms with van der Waals surface area (Å²) in [6.07, 6.45) is -0.419. The average Bonchev–Trinajstić information content (AvgIpc) is 1.88. The molecule has 0 aliphatic carbocycles. The lowest BCUT2D eigenvalue weighted by Crippen LogP contribution is -2.00. The van der Waals surface area contributed by atoms with Crippen molar-refractivity contribution in [2.75, 3.05) is 5.88 Å². The van der Waals surface area contributed by atoms with Crippen LogP contribution in [0.3, 0.4) is 0 Å². The molecule has 2 atom stereocenters. The highest BCUT2D eigenvalue weighted by atomic mass is 35.5. The van der Waals surface area contributed by atoms with Crippen LogP contribution in [0.2, 0.25) is 0 Å². The van der Waals surface area contributed by atoms with Crippen molar-refractivity contribution in [2.24, 2.45) is 0 Å². The van der Waals surface area contributed by atoms with Gasteiger partial charge in [0, 0.05) is 0 Å². The van der Waals surface area contributed by atoms with E-state index in [1.54, 1.807) is 0 Å². The van der Waals surface area contributed by atoms with Gasteiger partial charge in [-0.25, -0.2) is 4.39 Å². The second-order valence-electron chi connectivity index (χ2n) is 1.61. The van der Waals surface area contributed by atoms with E-state index in [9.17, 15) is 8.96 Å². The lowest BCUT2D eigenvalue weighted by atomic mass is 10.6. The van der Waals surface area contributed by atoms with Gasteiger partial charge in [0.2, 0.25) is 0 Å². The number of rotatable bonds is 3. The number of halogens is 2. The van der Waals surface area contributed by atoms with E-state index >= 15 is 0 Å². The molecule has 0 aromatic carbocycles. The summed E-state index contributed by atoms with van der Waals surface area (Å²) in [6, 6.07) is 0. The van der Waals surface area contributed by atoms with Gasteiger partial charge >= 0.3 is 7.23 Å². The van der Waals surface area contributed by atoms with E-state index in [-0.39, 0.29) is 5.88 Å². The number of hydrogen-bond donors (Lipinski definition) is 1. The molecule has 0 aromatic rings. The first-order chi connectivity index (χ1) is 5.08. The fraction of sp³-hybridized carbons (Fsp3) is 1.00.